The second-order valence-corrected chi connectivity index (χ2v) is 6.56. The molecule has 0 amide bonds. The monoisotopic (exact) mass is 342 g/mol. The van der Waals surface area contributed by atoms with Gasteiger partial charge in [0.25, 0.3) is 11.1 Å². The van der Waals surface area contributed by atoms with E-state index in [1.54, 1.807) is 6.20 Å². The number of rotatable bonds is 5. The predicted octanol–water partition coefficient (Wildman–Crippen LogP) is 2.33. The maximum Gasteiger partial charge on any atom is 0.258 e. The van der Waals surface area contributed by atoms with E-state index in [9.17, 15) is 9.59 Å². The Morgan fingerprint density at radius 3 is 2.79 bits per heavy atom. The van der Waals surface area contributed by atoms with Crippen LogP contribution >= 0.6 is 11.8 Å². The Morgan fingerprint density at radius 2 is 2.00 bits per heavy atom. The van der Waals surface area contributed by atoms with E-state index < -0.39 is 0 Å². The fraction of sp³-hybridized carbons (Fsp3) is 0.294. The van der Waals surface area contributed by atoms with Crippen LogP contribution in [-0.4, -0.2) is 19.4 Å². The second-order valence-electron chi connectivity index (χ2n) is 5.60. The van der Waals surface area contributed by atoms with Gasteiger partial charge in [-0.2, -0.15) is 0 Å². The molecule has 0 fully saturated rings. The number of nitrogens with one attached hydrogen (secondary N) is 1. The van der Waals surface area contributed by atoms with Gasteiger partial charge in [0.1, 0.15) is 5.65 Å². The number of hydrogen-bond acceptors (Lipinski definition) is 5. The number of aromatic nitrogens is 4. The molecule has 0 spiro atoms. The Morgan fingerprint density at radius 1 is 1.17 bits per heavy atom. The molecule has 0 aliphatic rings. The van der Waals surface area contributed by atoms with E-state index in [1.165, 1.54) is 28.3 Å². The Bertz CT molecular complexity index is 994. The summed E-state index contributed by atoms with van der Waals surface area (Å²) in [4.78, 5) is 35.5. The van der Waals surface area contributed by atoms with Gasteiger partial charge in [-0.05, 0) is 25.0 Å². The first-order valence-corrected chi connectivity index (χ1v) is 8.75. The number of hydrogen-bond donors (Lipinski definition) is 1. The molecule has 24 heavy (non-hydrogen) atoms. The molecule has 0 aliphatic carbocycles. The molecule has 0 unspecified atom stereocenters. The topological polar surface area (TPSA) is 80.1 Å². The van der Waals surface area contributed by atoms with E-state index in [0.717, 1.165) is 24.1 Å². The smallest absolute Gasteiger partial charge is 0.258 e. The van der Waals surface area contributed by atoms with Crippen molar-refractivity contribution in [3.8, 4) is 0 Å². The molecular formula is C17H18N4O2S. The Hall–Kier alpha value is -2.41. The van der Waals surface area contributed by atoms with E-state index >= 15 is 0 Å². The van der Waals surface area contributed by atoms with E-state index in [4.69, 9.17) is 0 Å². The highest BCUT2D eigenvalue weighted by atomic mass is 32.2. The third-order valence-corrected chi connectivity index (χ3v) is 4.40. The highest BCUT2D eigenvalue weighted by Crippen LogP contribution is 2.17. The lowest BCUT2D eigenvalue weighted by molar-refractivity contribution is 0.815. The van der Waals surface area contributed by atoms with Crippen LogP contribution in [0.15, 0.2) is 45.2 Å². The third kappa shape index (κ3) is 3.73. The standard InChI is InChI=1S/C17H18N4O2S/c1-3-4-12-7-15(22)20-17(19-12)24-10-13-8-16(23)21-9-11(2)5-6-14(21)18-13/h5-9H,3-4,10H2,1-2H3,(H,19,20,22). The van der Waals surface area contributed by atoms with Gasteiger partial charge in [-0.25, -0.2) is 9.97 Å². The fourth-order valence-electron chi connectivity index (χ4n) is 2.41. The Balaban J connectivity index is 1.84. The molecular weight excluding hydrogens is 324 g/mol. The van der Waals surface area contributed by atoms with Crippen LogP contribution in [0.1, 0.15) is 30.3 Å². The van der Waals surface area contributed by atoms with Crippen molar-refractivity contribution >= 4 is 17.4 Å². The van der Waals surface area contributed by atoms with Gasteiger partial charge in [0, 0.05) is 29.8 Å². The third-order valence-electron chi connectivity index (χ3n) is 3.50. The van der Waals surface area contributed by atoms with Crippen molar-refractivity contribution in [3.63, 3.8) is 0 Å². The highest BCUT2D eigenvalue weighted by Gasteiger charge is 2.06. The summed E-state index contributed by atoms with van der Waals surface area (Å²) in [7, 11) is 0. The van der Waals surface area contributed by atoms with Crippen LogP contribution in [-0.2, 0) is 12.2 Å². The van der Waals surface area contributed by atoms with Crippen molar-refractivity contribution in [2.24, 2.45) is 0 Å². The van der Waals surface area contributed by atoms with Crippen molar-refractivity contribution in [2.75, 3.05) is 0 Å². The summed E-state index contributed by atoms with van der Waals surface area (Å²) in [6.45, 7) is 3.98. The van der Waals surface area contributed by atoms with Crippen LogP contribution in [0.5, 0.6) is 0 Å². The highest BCUT2D eigenvalue weighted by molar-refractivity contribution is 7.98. The zero-order chi connectivity index (χ0) is 17.1. The molecule has 6 nitrogen and oxygen atoms in total. The van der Waals surface area contributed by atoms with Crippen LogP contribution < -0.4 is 11.1 Å². The number of thioether (sulfide) groups is 1. The number of fused-ring (bicyclic) bond motifs is 1. The van der Waals surface area contributed by atoms with Gasteiger partial charge in [0.15, 0.2) is 5.16 Å². The largest absolute Gasteiger partial charge is 0.301 e. The Kier molecular flexibility index (Phi) is 4.80. The summed E-state index contributed by atoms with van der Waals surface area (Å²) in [6, 6.07) is 6.79. The molecule has 0 aliphatic heterocycles. The maximum atomic E-state index is 12.2. The molecule has 3 aromatic rings. The number of pyridine rings is 1. The minimum Gasteiger partial charge on any atom is -0.301 e. The summed E-state index contributed by atoms with van der Waals surface area (Å²) < 4.78 is 1.53. The van der Waals surface area contributed by atoms with Gasteiger partial charge >= 0.3 is 0 Å². The van der Waals surface area contributed by atoms with Crippen LogP contribution in [0.3, 0.4) is 0 Å². The molecule has 0 radical (unpaired) electrons. The van der Waals surface area contributed by atoms with Crippen LogP contribution in [0.25, 0.3) is 5.65 Å². The zero-order valence-corrected chi connectivity index (χ0v) is 14.4. The van der Waals surface area contributed by atoms with Crippen molar-refractivity contribution in [3.05, 3.63) is 68.1 Å². The SMILES string of the molecule is CCCc1cc(=O)[nH]c(SCc2cc(=O)n3cc(C)ccc3n2)n1. The first kappa shape index (κ1) is 16.4. The quantitative estimate of drug-likeness (QED) is 0.568. The normalized spacial score (nSPS) is 11.1. The minimum absolute atomic E-state index is 0.111. The van der Waals surface area contributed by atoms with E-state index in [-0.39, 0.29) is 11.1 Å². The van der Waals surface area contributed by atoms with Crippen LogP contribution in [0.4, 0.5) is 0 Å². The fourth-order valence-corrected chi connectivity index (χ4v) is 3.20. The molecule has 124 valence electrons. The number of H-pyrrole nitrogens is 1. The Labute approximate surface area is 143 Å². The van der Waals surface area contributed by atoms with Gasteiger partial charge in [-0.1, -0.05) is 31.2 Å². The molecule has 0 saturated heterocycles. The molecule has 3 rings (SSSR count). The lowest BCUT2D eigenvalue weighted by Crippen LogP contribution is -2.15. The van der Waals surface area contributed by atoms with E-state index in [1.807, 2.05) is 26.0 Å². The lowest BCUT2D eigenvalue weighted by atomic mass is 10.2. The average Bonchev–Trinajstić information content (AvgIpc) is 2.53. The summed E-state index contributed by atoms with van der Waals surface area (Å²) in [5.41, 5.74) is 2.80. The van der Waals surface area contributed by atoms with Crippen molar-refractivity contribution in [1.29, 1.82) is 0 Å². The summed E-state index contributed by atoms with van der Waals surface area (Å²) in [6.07, 6.45) is 3.48. The number of nitrogens with zero attached hydrogens (tertiary/aromatic N) is 3. The summed E-state index contributed by atoms with van der Waals surface area (Å²) in [5, 5.41) is 0.553. The molecule has 7 heteroatoms. The summed E-state index contributed by atoms with van der Waals surface area (Å²) in [5.74, 6) is 0.470. The van der Waals surface area contributed by atoms with Crippen molar-refractivity contribution in [2.45, 2.75) is 37.6 Å². The molecule has 0 aromatic carbocycles. The zero-order valence-electron chi connectivity index (χ0n) is 13.6. The minimum atomic E-state index is -0.155. The van der Waals surface area contributed by atoms with Crippen LogP contribution in [0, 0.1) is 6.92 Å². The lowest BCUT2D eigenvalue weighted by Gasteiger charge is -2.05. The summed E-state index contributed by atoms with van der Waals surface area (Å²) >= 11 is 1.37. The van der Waals surface area contributed by atoms with Crippen molar-refractivity contribution in [1.82, 2.24) is 19.4 Å². The van der Waals surface area contributed by atoms with Gasteiger partial charge in [0.2, 0.25) is 0 Å². The van der Waals surface area contributed by atoms with Crippen LogP contribution in [0.2, 0.25) is 0 Å². The van der Waals surface area contributed by atoms with Crippen molar-refractivity contribution < 1.29 is 0 Å². The average molecular weight is 342 g/mol. The molecule has 0 bridgehead atoms. The molecule has 3 heterocycles. The molecule has 0 atom stereocenters. The molecule has 0 saturated carbocycles. The predicted molar refractivity (Wildman–Crippen MR) is 94.6 cm³/mol. The molecule has 3 aromatic heterocycles. The van der Waals surface area contributed by atoms with E-state index in [0.29, 0.717) is 22.3 Å². The van der Waals surface area contributed by atoms with Gasteiger partial charge < -0.3 is 4.98 Å². The molecule has 1 N–H and O–H groups in total. The number of aromatic amines is 1. The van der Waals surface area contributed by atoms with Gasteiger partial charge in [-0.15, -0.1) is 0 Å². The number of aryl methyl sites for hydroxylation is 2. The van der Waals surface area contributed by atoms with Gasteiger partial charge in [-0.3, -0.25) is 14.0 Å². The first-order chi connectivity index (χ1) is 11.5. The maximum absolute atomic E-state index is 12.2. The second kappa shape index (κ2) is 7.00. The first-order valence-electron chi connectivity index (χ1n) is 7.77. The van der Waals surface area contributed by atoms with Gasteiger partial charge in [0.05, 0.1) is 5.69 Å². The van der Waals surface area contributed by atoms with E-state index in [2.05, 4.69) is 15.0 Å².